The van der Waals surface area contributed by atoms with Gasteiger partial charge in [-0.15, -0.1) is 0 Å². The van der Waals surface area contributed by atoms with E-state index >= 15 is 0 Å². The second-order valence-corrected chi connectivity index (χ2v) is 6.11. The Kier molecular flexibility index (Phi) is 5.72. The number of hydrogen-bond donors (Lipinski definition) is 2. The average molecular weight is 394 g/mol. The van der Waals surface area contributed by atoms with Gasteiger partial charge in [0.05, 0.1) is 12.6 Å². The highest BCUT2D eigenvalue weighted by Gasteiger charge is 2.14. The molecular weight excluding hydrogens is 377 g/mol. The van der Waals surface area contributed by atoms with Gasteiger partial charge in [0.1, 0.15) is 0 Å². The van der Waals surface area contributed by atoms with Gasteiger partial charge in [-0.05, 0) is 53.1 Å². The number of nitrogens with two attached hydrogens (primary N) is 1. The molecule has 0 saturated carbocycles. The van der Waals surface area contributed by atoms with Crippen molar-refractivity contribution in [3.05, 3.63) is 32.4 Å². The van der Waals surface area contributed by atoms with Crippen molar-refractivity contribution in [1.29, 1.82) is 0 Å². The Morgan fingerprint density at radius 1 is 1.58 bits per heavy atom. The number of aliphatic imine (C=N–C) groups is 1. The van der Waals surface area contributed by atoms with Crippen LogP contribution in [0, 0.1) is 3.57 Å². The number of benzene rings is 1. The van der Waals surface area contributed by atoms with E-state index in [-0.39, 0.29) is 6.10 Å². The van der Waals surface area contributed by atoms with E-state index in [1.807, 2.05) is 18.2 Å². The van der Waals surface area contributed by atoms with Crippen LogP contribution in [0.5, 0.6) is 0 Å². The maximum absolute atomic E-state index is 6.14. The van der Waals surface area contributed by atoms with Crippen LogP contribution in [0.4, 0.5) is 0 Å². The third-order valence-electron chi connectivity index (χ3n) is 2.97. The number of hydrogen-bond acceptors (Lipinski definition) is 2. The first kappa shape index (κ1) is 14.9. The van der Waals surface area contributed by atoms with Gasteiger partial charge in [0.15, 0.2) is 5.96 Å². The number of halogens is 2. The molecule has 6 heteroatoms. The number of nitrogens with one attached hydrogen (secondary N) is 1. The molecule has 0 radical (unpaired) electrons. The first-order valence-corrected chi connectivity index (χ1v) is 7.70. The molecule has 1 unspecified atom stereocenters. The molecule has 104 valence electrons. The first-order valence-electron chi connectivity index (χ1n) is 6.24. The van der Waals surface area contributed by atoms with Crippen molar-refractivity contribution in [2.24, 2.45) is 10.7 Å². The molecule has 0 aromatic heterocycles. The molecular formula is C13H17ClIN3O. The molecule has 3 N–H and O–H groups in total. The molecule has 0 spiro atoms. The lowest BCUT2D eigenvalue weighted by Gasteiger charge is -2.11. The number of nitrogens with zero attached hydrogens (tertiary/aromatic N) is 1. The molecule has 1 aromatic carbocycles. The molecule has 1 aliphatic heterocycles. The Bertz CT molecular complexity index is 461. The van der Waals surface area contributed by atoms with Crippen molar-refractivity contribution in [2.45, 2.75) is 25.5 Å². The van der Waals surface area contributed by atoms with Crippen molar-refractivity contribution >= 4 is 40.2 Å². The summed E-state index contributed by atoms with van der Waals surface area (Å²) in [4.78, 5) is 4.29. The van der Waals surface area contributed by atoms with Gasteiger partial charge in [-0.2, -0.15) is 0 Å². The zero-order valence-corrected chi connectivity index (χ0v) is 13.4. The van der Waals surface area contributed by atoms with Gasteiger partial charge in [0, 0.05) is 21.7 Å². The normalized spacial score (nSPS) is 19.7. The number of ether oxygens (including phenoxy) is 1. The zero-order valence-electron chi connectivity index (χ0n) is 10.5. The predicted octanol–water partition coefficient (Wildman–Crippen LogP) is 2.53. The van der Waals surface area contributed by atoms with Crippen molar-refractivity contribution < 1.29 is 4.74 Å². The van der Waals surface area contributed by atoms with E-state index in [9.17, 15) is 0 Å². The summed E-state index contributed by atoms with van der Waals surface area (Å²) in [6.45, 7) is 2.05. The lowest BCUT2D eigenvalue weighted by atomic mass is 10.2. The Labute approximate surface area is 131 Å². The minimum atomic E-state index is 0.260. The van der Waals surface area contributed by atoms with E-state index in [0.29, 0.717) is 12.5 Å². The third-order valence-corrected chi connectivity index (χ3v) is 3.99. The van der Waals surface area contributed by atoms with Crippen molar-refractivity contribution in [3.8, 4) is 0 Å². The highest BCUT2D eigenvalue weighted by molar-refractivity contribution is 14.1. The van der Waals surface area contributed by atoms with Gasteiger partial charge >= 0.3 is 0 Å². The topological polar surface area (TPSA) is 59.6 Å². The largest absolute Gasteiger partial charge is 0.376 e. The molecule has 2 rings (SSSR count). The van der Waals surface area contributed by atoms with Crippen molar-refractivity contribution in [1.82, 2.24) is 5.32 Å². The summed E-state index contributed by atoms with van der Waals surface area (Å²) in [5.74, 6) is 0.435. The Morgan fingerprint density at radius 3 is 3.11 bits per heavy atom. The Balaban J connectivity index is 1.83. The van der Waals surface area contributed by atoms with Crippen molar-refractivity contribution in [3.63, 3.8) is 0 Å². The average Bonchev–Trinajstić information content (AvgIpc) is 2.88. The summed E-state index contributed by atoms with van der Waals surface area (Å²) < 4.78 is 6.61. The van der Waals surface area contributed by atoms with E-state index in [0.717, 1.165) is 40.1 Å². The molecule has 1 aliphatic rings. The Hall–Kier alpha value is -0.530. The van der Waals surface area contributed by atoms with Crippen LogP contribution in [0.1, 0.15) is 18.4 Å². The maximum Gasteiger partial charge on any atom is 0.189 e. The van der Waals surface area contributed by atoms with Crippen molar-refractivity contribution in [2.75, 3.05) is 13.2 Å². The Morgan fingerprint density at radius 2 is 2.42 bits per heavy atom. The summed E-state index contributed by atoms with van der Waals surface area (Å²) in [5, 5.41) is 3.81. The summed E-state index contributed by atoms with van der Waals surface area (Å²) in [5.41, 5.74) is 6.79. The molecule has 1 fully saturated rings. The van der Waals surface area contributed by atoms with Gasteiger partial charge < -0.3 is 15.8 Å². The quantitative estimate of drug-likeness (QED) is 0.469. The second-order valence-electron chi connectivity index (χ2n) is 4.45. The van der Waals surface area contributed by atoms with E-state index in [1.165, 1.54) is 0 Å². The molecule has 1 saturated heterocycles. The lowest BCUT2D eigenvalue weighted by Crippen LogP contribution is -2.37. The molecule has 1 heterocycles. The van der Waals surface area contributed by atoms with Crippen LogP contribution < -0.4 is 11.1 Å². The second kappa shape index (κ2) is 7.31. The third kappa shape index (κ3) is 4.81. The van der Waals surface area contributed by atoms with E-state index < -0.39 is 0 Å². The molecule has 1 atom stereocenters. The summed E-state index contributed by atoms with van der Waals surface area (Å²) in [6.07, 6.45) is 2.47. The minimum Gasteiger partial charge on any atom is -0.376 e. The van der Waals surface area contributed by atoms with E-state index in [2.05, 4.69) is 32.9 Å². The van der Waals surface area contributed by atoms with E-state index in [1.54, 1.807) is 0 Å². The molecule has 0 bridgehead atoms. The SMILES string of the molecule is NC(=NCc1ccc(I)cc1Cl)NCC1CCCO1. The molecule has 4 nitrogen and oxygen atoms in total. The van der Waals surface area contributed by atoms with Gasteiger partial charge in [0.2, 0.25) is 0 Å². The fourth-order valence-corrected chi connectivity index (χ4v) is 2.82. The minimum absolute atomic E-state index is 0.260. The summed E-state index contributed by atoms with van der Waals surface area (Å²) in [6, 6.07) is 5.90. The number of rotatable bonds is 4. The van der Waals surface area contributed by atoms with Crippen LogP contribution >= 0.6 is 34.2 Å². The standard InChI is InChI=1S/C13H17ClIN3O/c14-12-6-10(15)4-3-9(12)7-17-13(16)18-8-11-2-1-5-19-11/h3-4,6,11H,1-2,5,7-8H2,(H3,16,17,18). The summed E-state index contributed by atoms with van der Waals surface area (Å²) in [7, 11) is 0. The van der Waals surface area contributed by atoms with Crippen LogP contribution in [-0.4, -0.2) is 25.2 Å². The zero-order chi connectivity index (χ0) is 13.7. The van der Waals surface area contributed by atoms with Crippen LogP contribution in [0.3, 0.4) is 0 Å². The van der Waals surface area contributed by atoms with E-state index in [4.69, 9.17) is 22.1 Å². The first-order chi connectivity index (χ1) is 9.15. The lowest BCUT2D eigenvalue weighted by molar-refractivity contribution is 0.114. The predicted molar refractivity (Wildman–Crippen MR) is 86.5 cm³/mol. The maximum atomic E-state index is 6.14. The van der Waals surface area contributed by atoms with Gasteiger partial charge in [-0.1, -0.05) is 17.7 Å². The highest BCUT2D eigenvalue weighted by Crippen LogP contribution is 2.19. The summed E-state index contributed by atoms with van der Waals surface area (Å²) >= 11 is 8.37. The fourth-order valence-electron chi connectivity index (χ4n) is 1.90. The van der Waals surface area contributed by atoms with Crippen LogP contribution in [0.15, 0.2) is 23.2 Å². The molecule has 19 heavy (non-hydrogen) atoms. The highest BCUT2D eigenvalue weighted by atomic mass is 127. The smallest absolute Gasteiger partial charge is 0.189 e. The van der Waals surface area contributed by atoms with Crippen LogP contribution in [-0.2, 0) is 11.3 Å². The molecule has 1 aromatic rings. The fraction of sp³-hybridized carbons (Fsp3) is 0.462. The van der Waals surface area contributed by atoms with Crippen LogP contribution in [0.2, 0.25) is 5.02 Å². The van der Waals surface area contributed by atoms with Gasteiger partial charge in [-0.3, -0.25) is 0 Å². The molecule has 0 aliphatic carbocycles. The number of guanidine groups is 1. The van der Waals surface area contributed by atoms with Gasteiger partial charge in [-0.25, -0.2) is 4.99 Å². The molecule has 0 amide bonds. The van der Waals surface area contributed by atoms with Gasteiger partial charge in [0.25, 0.3) is 0 Å². The van der Waals surface area contributed by atoms with Crippen LogP contribution in [0.25, 0.3) is 0 Å². The monoisotopic (exact) mass is 393 g/mol.